The Kier molecular flexibility index (Phi) is 4.34. The molecule has 0 bridgehead atoms. The summed E-state index contributed by atoms with van der Waals surface area (Å²) in [6.45, 7) is 4.61. The van der Waals surface area contributed by atoms with Crippen LogP contribution in [0.15, 0.2) is 12.7 Å². The first kappa shape index (κ1) is 11.5. The van der Waals surface area contributed by atoms with Gasteiger partial charge in [-0.1, -0.05) is 6.58 Å². The molecule has 0 aliphatic heterocycles. The lowest BCUT2D eigenvalue weighted by Crippen LogP contribution is -2.11. The average molecular weight is 194 g/mol. The van der Waals surface area contributed by atoms with E-state index in [1.807, 2.05) is 0 Å². The highest BCUT2D eigenvalue weighted by Gasteiger charge is 2.19. The van der Waals surface area contributed by atoms with Crippen molar-refractivity contribution in [3.05, 3.63) is 12.7 Å². The zero-order chi connectivity index (χ0) is 9.78. The topological polar surface area (TPSA) is 83.8 Å². The summed E-state index contributed by atoms with van der Waals surface area (Å²) in [7, 11) is -4.48. The molecule has 6 heteroatoms. The predicted molar refractivity (Wildman–Crippen MR) is 42.4 cm³/mol. The molecule has 0 aliphatic rings. The van der Waals surface area contributed by atoms with Crippen LogP contribution in [0.4, 0.5) is 0 Å². The van der Waals surface area contributed by atoms with E-state index in [1.54, 1.807) is 0 Å². The van der Waals surface area contributed by atoms with Gasteiger partial charge in [0.2, 0.25) is 0 Å². The number of phosphoric ester groups is 1. The van der Waals surface area contributed by atoms with E-state index in [2.05, 4.69) is 11.1 Å². The smallest absolute Gasteiger partial charge is 0.303 e. The number of carbonyl (C=O) groups excluding carboxylic acids is 1. The largest absolute Gasteiger partial charge is 0.469 e. The molecule has 5 nitrogen and oxygen atoms in total. The van der Waals surface area contributed by atoms with Crippen molar-refractivity contribution in [1.29, 1.82) is 0 Å². The van der Waals surface area contributed by atoms with Crippen molar-refractivity contribution in [3.63, 3.8) is 0 Å². The third-order valence-electron chi connectivity index (χ3n) is 1.03. The summed E-state index contributed by atoms with van der Waals surface area (Å²) >= 11 is 0. The van der Waals surface area contributed by atoms with Gasteiger partial charge in [0.15, 0.2) is 5.78 Å². The minimum Gasteiger partial charge on any atom is -0.303 e. The molecule has 1 unspecified atom stereocenters. The maximum atomic E-state index is 10.7. The first-order chi connectivity index (χ1) is 5.35. The van der Waals surface area contributed by atoms with Crippen LogP contribution in [0.2, 0.25) is 0 Å². The molecule has 0 spiro atoms. The standard InChI is InChI=1S/C6H11O5P/c1-3-6(7)4-5(2)11-12(8,9)10/h3,5H,1,4H2,2H3,(H2,8,9,10). The van der Waals surface area contributed by atoms with E-state index in [4.69, 9.17) is 9.79 Å². The molecule has 1 atom stereocenters. The van der Waals surface area contributed by atoms with Gasteiger partial charge < -0.3 is 9.79 Å². The Bertz CT molecular complexity index is 218. The molecule has 0 rings (SSSR count). The molecule has 0 heterocycles. The van der Waals surface area contributed by atoms with Gasteiger partial charge >= 0.3 is 7.82 Å². The van der Waals surface area contributed by atoms with E-state index in [0.717, 1.165) is 6.08 Å². The molecule has 0 saturated heterocycles. The Morgan fingerprint density at radius 2 is 2.25 bits per heavy atom. The van der Waals surface area contributed by atoms with Gasteiger partial charge in [-0.15, -0.1) is 0 Å². The van der Waals surface area contributed by atoms with Gasteiger partial charge in [0.05, 0.1) is 6.10 Å². The zero-order valence-corrected chi connectivity index (χ0v) is 7.53. The molecular weight excluding hydrogens is 183 g/mol. The fraction of sp³-hybridized carbons (Fsp3) is 0.500. The lowest BCUT2D eigenvalue weighted by molar-refractivity contribution is -0.116. The van der Waals surface area contributed by atoms with Gasteiger partial charge in [0, 0.05) is 6.42 Å². The fourth-order valence-electron chi connectivity index (χ4n) is 0.638. The molecular formula is C6H11O5P. The first-order valence-corrected chi connectivity index (χ1v) is 4.77. The van der Waals surface area contributed by atoms with Crippen molar-refractivity contribution < 1.29 is 23.7 Å². The van der Waals surface area contributed by atoms with E-state index in [0.29, 0.717) is 0 Å². The number of hydrogen-bond acceptors (Lipinski definition) is 3. The summed E-state index contributed by atoms with van der Waals surface area (Å²) in [5, 5.41) is 0. The van der Waals surface area contributed by atoms with Crippen molar-refractivity contribution >= 4 is 13.6 Å². The Balaban J connectivity index is 3.90. The molecule has 0 saturated carbocycles. The summed E-state index contributed by atoms with van der Waals surface area (Å²) < 4.78 is 14.5. The van der Waals surface area contributed by atoms with Crippen LogP contribution in [-0.4, -0.2) is 21.7 Å². The van der Waals surface area contributed by atoms with Crippen LogP contribution in [-0.2, 0) is 13.9 Å². The number of rotatable bonds is 5. The van der Waals surface area contributed by atoms with E-state index in [1.165, 1.54) is 6.92 Å². The van der Waals surface area contributed by atoms with Crippen LogP contribution in [0.5, 0.6) is 0 Å². The van der Waals surface area contributed by atoms with Crippen LogP contribution in [0.3, 0.4) is 0 Å². The molecule has 0 aromatic heterocycles. The lowest BCUT2D eigenvalue weighted by Gasteiger charge is -2.11. The van der Waals surface area contributed by atoms with Crippen LogP contribution >= 0.6 is 7.82 Å². The highest BCUT2D eigenvalue weighted by molar-refractivity contribution is 7.46. The number of phosphoric acid groups is 1. The number of allylic oxidation sites excluding steroid dienone is 1. The monoisotopic (exact) mass is 194 g/mol. The summed E-state index contributed by atoms with van der Waals surface area (Å²) in [6, 6.07) is 0. The van der Waals surface area contributed by atoms with Crippen LogP contribution < -0.4 is 0 Å². The van der Waals surface area contributed by atoms with E-state index in [9.17, 15) is 9.36 Å². The summed E-state index contributed by atoms with van der Waals surface area (Å²) in [6.07, 6.45) is 0.213. The minimum absolute atomic E-state index is 0.0748. The van der Waals surface area contributed by atoms with Gasteiger partial charge in [0.25, 0.3) is 0 Å². The highest BCUT2D eigenvalue weighted by Crippen LogP contribution is 2.38. The Hall–Kier alpha value is -0.480. The number of hydrogen-bond donors (Lipinski definition) is 2. The molecule has 0 radical (unpaired) electrons. The molecule has 0 fully saturated rings. The molecule has 70 valence electrons. The van der Waals surface area contributed by atoms with Gasteiger partial charge in [-0.25, -0.2) is 4.57 Å². The van der Waals surface area contributed by atoms with E-state index < -0.39 is 13.9 Å². The second-order valence-corrected chi connectivity index (χ2v) is 3.47. The third-order valence-corrected chi connectivity index (χ3v) is 1.67. The second kappa shape index (κ2) is 4.52. The Morgan fingerprint density at radius 1 is 1.75 bits per heavy atom. The van der Waals surface area contributed by atoms with Crippen molar-refractivity contribution in [2.75, 3.05) is 0 Å². The molecule has 0 aliphatic carbocycles. The van der Waals surface area contributed by atoms with E-state index in [-0.39, 0.29) is 12.2 Å². The van der Waals surface area contributed by atoms with E-state index >= 15 is 0 Å². The van der Waals surface area contributed by atoms with Crippen molar-refractivity contribution in [2.45, 2.75) is 19.4 Å². The number of carbonyl (C=O) groups is 1. The second-order valence-electron chi connectivity index (χ2n) is 2.28. The van der Waals surface area contributed by atoms with Crippen LogP contribution in [0.25, 0.3) is 0 Å². The molecule has 12 heavy (non-hydrogen) atoms. The van der Waals surface area contributed by atoms with Gasteiger partial charge in [-0.2, -0.15) is 0 Å². The first-order valence-electron chi connectivity index (χ1n) is 3.24. The average Bonchev–Trinajstić information content (AvgIpc) is 1.82. The molecule has 0 aromatic carbocycles. The third kappa shape index (κ3) is 6.24. The van der Waals surface area contributed by atoms with Crippen molar-refractivity contribution in [2.24, 2.45) is 0 Å². The lowest BCUT2D eigenvalue weighted by atomic mass is 10.2. The van der Waals surface area contributed by atoms with Crippen LogP contribution in [0, 0.1) is 0 Å². The van der Waals surface area contributed by atoms with Gasteiger partial charge in [-0.3, -0.25) is 9.32 Å². The minimum atomic E-state index is -4.48. The summed E-state index contributed by atoms with van der Waals surface area (Å²) in [5.41, 5.74) is 0. The van der Waals surface area contributed by atoms with Crippen molar-refractivity contribution in [1.82, 2.24) is 0 Å². The quantitative estimate of drug-likeness (QED) is 0.495. The normalized spacial score (nSPS) is 13.9. The van der Waals surface area contributed by atoms with Crippen LogP contribution in [0.1, 0.15) is 13.3 Å². The summed E-state index contributed by atoms with van der Waals surface area (Å²) in [5.74, 6) is -0.309. The zero-order valence-electron chi connectivity index (χ0n) is 6.64. The fourth-order valence-corrected chi connectivity index (χ4v) is 1.18. The van der Waals surface area contributed by atoms with Gasteiger partial charge in [-0.05, 0) is 13.0 Å². The molecule has 0 amide bonds. The Morgan fingerprint density at radius 3 is 2.58 bits per heavy atom. The SMILES string of the molecule is C=CC(=O)CC(C)OP(=O)(O)O. The maximum Gasteiger partial charge on any atom is 0.469 e. The van der Waals surface area contributed by atoms with Gasteiger partial charge in [0.1, 0.15) is 0 Å². The highest BCUT2D eigenvalue weighted by atomic mass is 31.2. The summed E-state index contributed by atoms with van der Waals surface area (Å²) in [4.78, 5) is 27.3. The molecule has 2 N–H and O–H groups in total. The molecule has 0 aromatic rings. The van der Waals surface area contributed by atoms with Crippen molar-refractivity contribution in [3.8, 4) is 0 Å². The Labute approximate surface area is 70.3 Å². The number of ketones is 1. The maximum absolute atomic E-state index is 10.7. The predicted octanol–water partition coefficient (Wildman–Crippen LogP) is 0.629.